The molecule has 0 N–H and O–H groups in total. The number of benzene rings is 3. The molecule has 0 aliphatic heterocycles. The molecule has 0 radical (unpaired) electrons. The number of hydrogen-bond donors (Lipinski definition) is 0. The van der Waals surface area contributed by atoms with Gasteiger partial charge in [-0.3, -0.25) is 0 Å². The van der Waals surface area contributed by atoms with Crippen molar-refractivity contribution in [1.29, 1.82) is 0 Å². The number of fused-ring (bicyclic) bond motifs is 1. The Morgan fingerprint density at radius 2 is 1.34 bits per heavy atom. The molecule has 0 unspecified atom stereocenters. The van der Waals surface area contributed by atoms with E-state index >= 15 is 0 Å². The molecule has 4 rings (SSSR count). The summed E-state index contributed by atoms with van der Waals surface area (Å²) in [6, 6.07) is 21.0. The Hall–Kier alpha value is -2.42. The quantitative estimate of drug-likeness (QED) is 0.383. The molecule has 0 saturated carbocycles. The highest BCUT2D eigenvalue weighted by Crippen LogP contribution is 2.32. The van der Waals surface area contributed by atoms with Crippen LogP contribution in [0, 0.1) is 0 Å². The Labute approximate surface area is 177 Å². The maximum atomic E-state index is 13.3. The first kappa shape index (κ1) is 19.9. The lowest BCUT2D eigenvalue weighted by molar-refractivity contribution is 0.588. The van der Waals surface area contributed by atoms with Crippen LogP contribution in [0.3, 0.4) is 0 Å². The van der Waals surface area contributed by atoms with Crippen molar-refractivity contribution in [2.24, 2.45) is 0 Å². The lowest BCUT2D eigenvalue weighted by Crippen LogP contribution is -2.12. The number of sulfone groups is 1. The summed E-state index contributed by atoms with van der Waals surface area (Å²) >= 11 is 3.34. The second kappa shape index (κ2) is 7.44. The molecule has 0 atom stereocenters. The third-order valence-corrected chi connectivity index (χ3v) is 8.75. The lowest BCUT2D eigenvalue weighted by atomic mass is 10.2. The van der Waals surface area contributed by atoms with Crippen molar-refractivity contribution in [3.8, 4) is 0 Å². The van der Waals surface area contributed by atoms with E-state index in [9.17, 15) is 16.8 Å². The van der Waals surface area contributed by atoms with Crippen LogP contribution in [0.25, 0.3) is 10.9 Å². The minimum absolute atomic E-state index is 0.0424. The molecule has 0 bridgehead atoms. The second-order valence-electron chi connectivity index (χ2n) is 6.41. The highest BCUT2D eigenvalue weighted by atomic mass is 79.9. The number of halogens is 1. The zero-order valence-corrected chi connectivity index (χ0v) is 18.3. The van der Waals surface area contributed by atoms with Gasteiger partial charge in [0, 0.05) is 16.9 Å². The average Bonchev–Trinajstić information content (AvgIpc) is 3.16. The van der Waals surface area contributed by atoms with Crippen molar-refractivity contribution in [2.75, 3.05) is 0 Å². The van der Waals surface area contributed by atoms with E-state index in [1.54, 1.807) is 54.6 Å². The normalized spacial score (nSPS) is 12.3. The van der Waals surface area contributed by atoms with Crippen LogP contribution in [0.1, 0.15) is 5.56 Å². The third-order valence-electron chi connectivity index (χ3n) is 4.62. The zero-order valence-electron chi connectivity index (χ0n) is 15.1. The van der Waals surface area contributed by atoms with Crippen LogP contribution in [0.15, 0.2) is 99.7 Å². The molecule has 0 amide bonds. The maximum absolute atomic E-state index is 13.3. The molecule has 1 aromatic heterocycles. The van der Waals surface area contributed by atoms with Gasteiger partial charge in [-0.25, -0.2) is 20.8 Å². The molecule has 0 aliphatic rings. The van der Waals surface area contributed by atoms with E-state index in [2.05, 4.69) is 15.9 Å². The number of nitrogens with zero attached hydrogens (tertiary/aromatic N) is 1. The minimum Gasteiger partial charge on any atom is -0.240 e. The monoisotopic (exact) mass is 489 g/mol. The molecule has 0 aliphatic carbocycles. The van der Waals surface area contributed by atoms with Gasteiger partial charge in [0.15, 0.2) is 0 Å². The van der Waals surface area contributed by atoms with Crippen molar-refractivity contribution >= 4 is 46.7 Å². The van der Waals surface area contributed by atoms with E-state index in [0.29, 0.717) is 16.2 Å². The zero-order chi connectivity index (χ0) is 20.6. The first-order valence-electron chi connectivity index (χ1n) is 8.66. The molecular formula is C21H16BrNO4S2. The fourth-order valence-corrected chi connectivity index (χ4v) is 6.41. The number of aromatic nitrogens is 1. The Morgan fingerprint density at radius 3 is 2.00 bits per heavy atom. The van der Waals surface area contributed by atoms with Crippen molar-refractivity contribution in [2.45, 2.75) is 20.0 Å². The van der Waals surface area contributed by atoms with Crippen molar-refractivity contribution in [1.82, 2.24) is 3.97 Å². The SMILES string of the molecule is O=S(=O)(c1ccc(CBr)cc1)c1cn(S(=O)(=O)c2ccccc2)c2ccccc12. The summed E-state index contributed by atoms with van der Waals surface area (Å²) in [6.07, 6.45) is 1.20. The first-order valence-corrected chi connectivity index (χ1v) is 12.7. The summed E-state index contributed by atoms with van der Waals surface area (Å²) in [5, 5.41) is 0.971. The van der Waals surface area contributed by atoms with Gasteiger partial charge < -0.3 is 0 Å². The van der Waals surface area contributed by atoms with Gasteiger partial charge in [0.2, 0.25) is 9.84 Å². The number of para-hydroxylation sites is 1. The van der Waals surface area contributed by atoms with E-state index in [-0.39, 0.29) is 14.7 Å². The molecule has 0 saturated heterocycles. The predicted octanol–water partition coefficient (Wildman–Crippen LogP) is 4.61. The summed E-state index contributed by atoms with van der Waals surface area (Å²) in [5.74, 6) is 0. The highest BCUT2D eigenvalue weighted by molar-refractivity contribution is 9.08. The van der Waals surface area contributed by atoms with Crippen LogP contribution in [0.4, 0.5) is 0 Å². The molecular weight excluding hydrogens is 474 g/mol. The molecule has 0 spiro atoms. The van der Waals surface area contributed by atoms with Crippen LogP contribution >= 0.6 is 15.9 Å². The lowest BCUT2D eigenvalue weighted by Gasteiger charge is -2.07. The summed E-state index contributed by atoms with van der Waals surface area (Å²) in [6.45, 7) is 0. The molecule has 4 aromatic rings. The van der Waals surface area contributed by atoms with Gasteiger partial charge in [-0.1, -0.05) is 64.5 Å². The second-order valence-corrected chi connectivity index (χ2v) is 10.7. The summed E-state index contributed by atoms with van der Waals surface area (Å²) < 4.78 is 54.0. The number of alkyl halides is 1. The van der Waals surface area contributed by atoms with Crippen LogP contribution < -0.4 is 0 Å². The highest BCUT2D eigenvalue weighted by Gasteiger charge is 2.27. The summed E-state index contributed by atoms with van der Waals surface area (Å²) in [7, 11) is -7.86. The largest absolute Gasteiger partial charge is 0.268 e. The fourth-order valence-electron chi connectivity index (χ4n) is 3.12. The van der Waals surface area contributed by atoms with E-state index in [1.807, 2.05) is 0 Å². The van der Waals surface area contributed by atoms with E-state index < -0.39 is 19.9 Å². The van der Waals surface area contributed by atoms with Gasteiger partial charge >= 0.3 is 0 Å². The Bertz CT molecular complexity index is 1390. The van der Waals surface area contributed by atoms with Gasteiger partial charge in [0.1, 0.15) is 0 Å². The van der Waals surface area contributed by atoms with Gasteiger partial charge in [-0.2, -0.15) is 0 Å². The first-order chi connectivity index (χ1) is 13.9. The van der Waals surface area contributed by atoms with E-state index in [1.165, 1.54) is 30.5 Å². The van der Waals surface area contributed by atoms with E-state index in [4.69, 9.17) is 0 Å². The van der Waals surface area contributed by atoms with Crippen LogP contribution in [-0.2, 0) is 25.2 Å². The predicted molar refractivity (Wildman–Crippen MR) is 115 cm³/mol. The Morgan fingerprint density at radius 1 is 0.724 bits per heavy atom. The van der Waals surface area contributed by atoms with Gasteiger partial charge in [-0.05, 0) is 35.9 Å². The van der Waals surface area contributed by atoms with Gasteiger partial charge in [0.05, 0.1) is 20.2 Å². The molecule has 3 aromatic carbocycles. The van der Waals surface area contributed by atoms with Crippen molar-refractivity contribution in [3.05, 3.63) is 90.6 Å². The molecule has 1 heterocycles. The molecule has 29 heavy (non-hydrogen) atoms. The third kappa shape index (κ3) is 3.41. The maximum Gasteiger partial charge on any atom is 0.268 e. The molecule has 5 nitrogen and oxygen atoms in total. The van der Waals surface area contributed by atoms with E-state index in [0.717, 1.165) is 9.54 Å². The Balaban J connectivity index is 1.96. The number of hydrogen-bond acceptors (Lipinski definition) is 4. The summed E-state index contributed by atoms with van der Waals surface area (Å²) in [5.41, 5.74) is 1.25. The Kier molecular flexibility index (Phi) is 5.10. The van der Waals surface area contributed by atoms with Crippen LogP contribution in [0.5, 0.6) is 0 Å². The topological polar surface area (TPSA) is 73.2 Å². The van der Waals surface area contributed by atoms with Crippen molar-refractivity contribution in [3.63, 3.8) is 0 Å². The standard InChI is InChI=1S/C21H16BrNO4S2/c22-14-16-10-12-17(13-11-16)28(24,25)21-15-23(20-9-5-4-8-19(20)21)29(26,27)18-6-2-1-3-7-18/h1-13,15H,14H2. The molecule has 8 heteroatoms. The molecule has 0 fully saturated rings. The van der Waals surface area contributed by atoms with Gasteiger partial charge in [-0.15, -0.1) is 0 Å². The number of rotatable bonds is 5. The summed E-state index contributed by atoms with van der Waals surface area (Å²) in [4.78, 5) is 0.160. The molecule has 148 valence electrons. The van der Waals surface area contributed by atoms with Gasteiger partial charge in [0.25, 0.3) is 10.0 Å². The smallest absolute Gasteiger partial charge is 0.240 e. The van der Waals surface area contributed by atoms with Crippen LogP contribution in [-0.4, -0.2) is 20.8 Å². The average molecular weight is 490 g/mol. The minimum atomic E-state index is -3.95. The van der Waals surface area contributed by atoms with Crippen molar-refractivity contribution < 1.29 is 16.8 Å². The van der Waals surface area contributed by atoms with Crippen LogP contribution in [0.2, 0.25) is 0 Å². The fraction of sp³-hybridized carbons (Fsp3) is 0.0476.